The Kier molecular flexibility index (Phi) is 9.45. The van der Waals surface area contributed by atoms with Crippen molar-refractivity contribution in [3.05, 3.63) is 83.2 Å². The molecule has 0 saturated carbocycles. The summed E-state index contributed by atoms with van der Waals surface area (Å²) in [5.74, 6) is -0.392. The first-order valence-electron chi connectivity index (χ1n) is 10.7. The number of nitrogens with one attached hydrogen (secondary N) is 2. The quantitative estimate of drug-likeness (QED) is 0.226. The lowest BCUT2D eigenvalue weighted by molar-refractivity contribution is -0.113. The molecule has 2 N–H and O–H groups in total. The van der Waals surface area contributed by atoms with E-state index in [9.17, 15) is 14.4 Å². The summed E-state index contributed by atoms with van der Waals surface area (Å²) in [5.41, 5.74) is 1.33. The first kappa shape index (κ1) is 26.0. The lowest BCUT2D eigenvalue weighted by Crippen LogP contribution is -2.25. The lowest BCUT2D eigenvalue weighted by atomic mass is 10.2. The van der Waals surface area contributed by atoms with Gasteiger partial charge in [0.2, 0.25) is 5.91 Å². The SMILES string of the molecule is C=CCn1c(CNC(=O)c2ccccc2Cl)nnc1SCC(=O)Nc1ccc(C(=O)OCC)cc1. The molecule has 0 radical (unpaired) electrons. The Morgan fingerprint density at radius 1 is 1.14 bits per heavy atom. The van der Waals surface area contributed by atoms with Gasteiger partial charge < -0.3 is 19.9 Å². The van der Waals surface area contributed by atoms with Crippen molar-refractivity contribution in [2.24, 2.45) is 0 Å². The van der Waals surface area contributed by atoms with Crippen molar-refractivity contribution in [3.8, 4) is 0 Å². The van der Waals surface area contributed by atoms with Gasteiger partial charge >= 0.3 is 5.97 Å². The van der Waals surface area contributed by atoms with E-state index in [4.69, 9.17) is 16.3 Å². The van der Waals surface area contributed by atoms with Crippen molar-refractivity contribution >= 4 is 46.8 Å². The maximum Gasteiger partial charge on any atom is 0.338 e. The molecule has 0 aliphatic heterocycles. The molecule has 11 heteroatoms. The summed E-state index contributed by atoms with van der Waals surface area (Å²) in [5, 5.41) is 14.7. The smallest absolute Gasteiger partial charge is 0.338 e. The summed E-state index contributed by atoms with van der Waals surface area (Å²) >= 11 is 7.28. The van der Waals surface area contributed by atoms with Crippen LogP contribution in [-0.2, 0) is 22.6 Å². The number of aromatic nitrogens is 3. The Balaban J connectivity index is 1.57. The third-order valence-electron chi connectivity index (χ3n) is 4.64. The fraction of sp³-hybridized carbons (Fsp3) is 0.208. The Labute approximate surface area is 211 Å². The van der Waals surface area contributed by atoms with Crippen LogP contribution in [0.25, 0.3) is 0 Å². The summed E-state index contributed by atoms with van der Waals surface area (Å²) in [6, 6.07) is 13.2. The third-order valence-corrected chi connectivity index (χ3v) is 5.94. The molecule has 1 aromatic heterocycles. The van der Waals surface area contributed by atoms with E-state index < -0.39 is 5.97 Å². The molecule has 182 valence electrons. The van der Waals surface area contributed by atoms with Gasteiger partial charge in [-0.15, -0.1) is 16.8 Å². The zero-order chi connectivity index (χ0) is 25.2. The number of rotatable bonds is 11. The molecular weight excluding hydrogens is 490 g/mol. The number of benzene rings is 2. The summed E-state index contributed by atoms with van der Waals surface area (Å²) < 4.78 is 6.72. The minimum Gasteiger partial charge on any atom is -0.462 e. The van der Waals surface area contributed by atoms with Crippen LogP contribution in [0.1, 0.15) is 33.5 Å². The minimum absolute atomic E-state index is 0.0842. The van der Waals surface area contributed by atoms with Crippen LogP contribution in [0.5, 0.6) is 0 Å². The number of hydrogen-bond acceptors (Lipinski definition) is 7. The van der Waals surface area contributed by atoms with Crippen molar-refractivity contribution < 1.29 is 19.1 Å². The van der Waals surface area contributed by atoms with Crippen LogP contribution in [0.3, 0.4) is 0 Å². The van der Waals surface area contributed by atoms with E-state index in [1.165, 1.54) is 11.8 Å². The molecule has 0 fully saturated rings. The average Bonchev–Trinajstić information content (AvgIpc) is 3.23. The van der Waals surface area contributed by atoms with Crippen LogP contribution in [0.4, 0.5) is 5.69 Å². The summed E-state index contributed by atoms with van der Waals surface area (Å²) in [7, 11) is 0. The minimum atomic E-state index is -0.415. The molecule has 0 atom stereocenters. The fourth-order valence-corrected chi connectivity index (χ4v) is 3.99. The van der Waals surface area contributed by atoms with Gasteiger partial charge in [-0.2, -0.15) is 0 Å². The topological polar surface area (TPSA) is 115 Å². The molecule has 3 aromatic rings. The van der Waals surface area contributed by atoms with Gasteiger partial charge in [0.1, 0.15) is 0 Å². The number of nitrogens with zero attached hydrogens (tertiary/aromatic N) is 3. The molecule has 9 nitrogen and oxygen atoms in total. The van der Waals surface area contributed by atoms with Gasteiger partial charge in [-0.05, 0) is 43.3 Å². The highest BCUT2D eigenvalue weighted by atomic mass is 35.5. The molecule has 2 amide bonds. The van der Waals surface area contributed by atoms with Crippen molar-refractivity contribution in [2.45, 2.75) is 25.2 Å². The number of anilines is 1. The van der Waals surface area contributed by atoms with Gasteiger partial charge in [0.05, 0.1) is 35.1 Å². The lowest BCUT2D eigenvalue weighted by Gasteiger charge is -2.10. The van der Waals surface area contributed by atoms with Crippen LogP contribution in [0, 0.1) is 0 Å². The number of hydrogen-bond donors (Lipinski definition) is 2. The standard InChI is InChI=1S/C24H24ClN5O4S/c1-3-13-30-20(14-26-22(32)18-7-5-6-8-19(18)25)28-29-24(30)35-15-21(31)27-17-11-9-16(10-12-17)23(33)34-4-2/h3,5-12H,1,4,13-15H2,2H3,(H,26,32)(H,27,31). The number of esters is 1. The third kappa shape index (κ3) is 7.17. The van der Waals surface area contributed by atoms with Gasteiger partial charge in [0.15, 0.2) is 11.0 Å². The van der Waals surface area contributed by atoms with Crippen LogP contribution in [0.2, 0.25) is 5.02 Å². The first-order chi connectivity index (χ1) is 16.9. The van der Waals surface area contributed by atoms with E-state index in [0.29, 0.717) is 46.0 Å². The average molecular weight is 514 g/mol. The monoisotopic (exact) mass is 513 g/mol. The molecule has 2 aromatic carbocycles. The number of thioether (sulfide) groups is 1. The zero-order valence-corrected chi connectivity index (χ0v) is 20.6. The molecule has 0 aliphatic rings. The largest absolute Gasteiger partial charge is 0.462 e. The van der Waals surface area contributed by atoms with Crippen LogP contribution in [-0.4, -0.2) is 44.9 Å². The van der Waals surface area contributed by atoms with E-state index in [-0.39, 0.29) is 24.1 Å². The van der Waals surface area contributed by atoms with E-state index in [1.807, 2.05) is 0 Å². The van der Waals surface area contributed by atoms with Gasteiger partial charge in [0, 0.05) is 12.2 Å². The second-order valence-electron chi connectivity index (χ2n) is 7.10. The van der Waals surface area contributed by atoms with E-state index in [2.05, 4.69) is 27.4 Å². The van der Waals surface area contributed by atoms with Crippen molar-refractivity contribution in [2.75, 3.05) is 17.7 Å². The normalized spacial score (nSPS) is 10.5. The molecule has 0 saturated heterocycles. The van der Waals surface area contributed by atoms with E-state index >= 15 is 0 Å². The van der Waals surface area contributed by atoms with E-state index in [0.717, 1.165) is 0 Å². The van der Waals surface area contributed by atoms with Gasteiger partial charge in [-0.1, -0.05) is 41.6 Å². The maximum absolute atomic E-state index is 12.4. The number of halogens is 1. The number of carbonyl (C=O) groups is 3. The Bertz CT molecular complexity index is 1210. The number of allylic oxidation sites excluding steroid dienone is 1. The Morgan fingerprint density at radius 3 is 2.57 bits per heavy atom. The molecule has 35 heavy (non-hydrogen) atoms. The Morgan fingerprint density at radius 2 is 1.89 bits per heavy atom. The predicted molar refractivity (Wildman–Crippen MR) is 135 cm³/mol. The molecule has 0 bridgehead atoms. The molecule has 0 spiro atoms. The van der Waals surface area contributed by atoms with Crippen molar-refractivity contribution in [1.29, 1.82) is 0 Å². The molecular formula is C24H24ClN5O4S. The highest BCUT2D eigenvalue weighted by Gasteiger charge is 2.16. The highest BCUT2D eigenvalue weighted by Crippen LogP contribution is 2.19. The zero-order valence-electron chi connectivity index (χ0n) is 19.0. The molecule has 0 unspecified atom stereocenters. The summed E-state index contributed by atoms with van der Waals surface area (Å²) in [6.07, 6.45) is 1.68. The van der Waals surface area contributed by atoms with Gasteiger partial charge in [0.25, 0.3) is 5.91 Å². The highest BCUT2D eigenvalue weighted by molar-refractivity contribution is 7.99. The predicted octanol–water partition coefficient (Wildman–Crippen LogP) is 3.96. The van der Waals surface area contributed by atoms with E-state index in [1.54, 1.807) is 66.1 Å². The second kappa shape index (κ2) is 12.7. The molecule has 1 heterocycles. The van der Waals surface area contributed by atoms with Gasteiger partial charge in [-0.25, -0.2) is 4.79 Å². The number of carbonyl (C=O) groups excluding carboxylic acids is 3. The van der Waals surface area contributed by atoms with Crippen LogP contribution >= 0.6 is 23.4 Å². The first-order valence-corrected chi connectivity index (χ1v) is 12.0. The number of amides is 2. The summed E-state index contributed by atoms with van der Waals surface area (Å²) in [6.45, 7) is 6.32. The number of ether oxygens (including phenoxy) is 1. The molecule has 0 aliphatic carbocycles. The van der Waals surface area contributed by atoms with Crippen LogP contribution < -0.4 is 10.6 Å². The van der Waals surface area contributed by atoms with Crippen molar-refractivity contribution in [3.63, 3.8) is 0 Å². The molecule has 3 rings (SSSR count). The summed E-state index contributed by atoms with van der Waals surface area (Å²) in [4.78, 5) is 36.6. The van der Waals surface area contributed by atoms with Crippen LogP contribution in [0.15, 0.2) is 66.3 Å². The maximum atomic E-state index is 12.4. The fourth-order valence-electron chi connectivity index (χ4n) is 3.00. The van der Waals surface area contributed by atoms with Gasteiger partial charge in [-0.3, -0.25) is 9.59 Å². The Hall–Kier alpha value is -3.63. The van der Waals surface area contributed by atoms with Crippen molar-refractivity contribution in [1.82, 2.24) is 20.1 Å². The second-order valence-corrected chi connectivity index (χ2v) is 8.44.